The van der Waals surface area contributed by atoms with Crippen molar-refractivity contribution in [2.45, 2.75) is 33.6 Å². The first-order valence-corrected chi connectivity index (χ1v) is 7.12. The molecule has 17 heavy (non-hydrogen) atoms. The van der Waals surface area contributed by atoms with E-state index >= 15 is 0 Å². The van der Waals surface area contributed by atoms with E-state index in [9.17, 15) is 25.8 Å². The molecule has 8 heteroatoms. The number of nitrogens with zero attached hydrogens (tertiary/aromatic N) is 1. The first-order valence-electron chi connectivity index (χ1n) is 5.26. The van der Waals surface area contributed by atoms with Crippen molar-refractivity contribution in [1.82, 2.24) is 4.67 Å². The van der Waals surface area contributed by atoms with Crippen LogP contribution in [0.15, 0.2) is 0 Å². The quantitative estimate of drug-likeness (QED) is 0.493. The number of halogens is 6. The summed E-state index contributed by atoms with van der Waals surface area (Å²) in [5.74, 6) is -7.06. The summed E-state index contributed by atoms with van der Waals surface area (Å²) in [6.07, 6.45) is 0. The third-order valence-electron chi connectivity index (χ3n) is 2.01. The molecule has 0 rings (SSSR count). The van der Waals surface area contributed by atoms with Crippen LogP contribution in [-0.4, -0.2) is 23.7 Å². The van der Waals surface area contributed by atoms with Gasteiger partial charge < -0.3 is 0 Å². The predicted molar refractivity (Wildman–Crippen MR) is 57.5 cm³/mol. The molecule has 0 aliphatic heterocycles. The molecule has 106 valence electrons. The molecule has 0 aliphatic carbocycles. The Balaban J connectivity index is 5.27. The molecule has 0 heterocycles. The van der Waals surface area contributed by atoms with Crippen LogP contribution in [0.5, 0.6) is 0 Å². The molecule has 0 unspecified atom stereocenters. The second-order valence-corrected chi connectivity index (χ2v) is 7.52. The van der Waals surface area contributed by atoms with Crippen molar-refractivity contribution >= 4 is 7.69 Å². The fourth-order valence-corrected chi connectivity index (χ4v) is 2.85. The van der Waals surface area contributed by atoms with Crippen LogP contribution in [-0.2, 0) is 0 Å². The monoisotopic (exact) mass is 285 g/mol. The molecule has 0 radical (unpaired) electrons. The van der Waals surface area contributed by atoms with Gasteiger partial charge in [-0.25, -0.2) is 0 Å². The average Bonchev–Trinajstić information content (AvgIpc) is 1.97. The van der Waals surface area contributed by atoms with Crippen molar-refractivity contribution in [2.75, 3.05) is 13.1 Å². The third kappa shape index (κ3) is 3.98. The fourth-order valence-electron chi connectivity index (χ4n) is 1.34. The molecular formula is C9H18F6NP. The summed E-state index contributed by atoms with van der Waals surface area (Å²) in [5, 5.41) is 0. The van der Waals surface area contributed by atoms with Gasteiger partial charge in [0.1, 0.15) is 0 Å². The zero-order valence-electron chi connectivity index (χ0n) is 10.2. The van der Waals surface area contributed by atoms with Gasteiger partial charge in [-0.15, -0.1) is 0 Å². The van der Waals surface area contributed by atoms with Crippen LogP contribution in [0.1, 0.15) is 27.7 Å². The van der Waals surface area contributed by atoms with Crippen molar-refractivity contribution in [3.8, 4) is 0 Å². The van der Waals surface area contributed by atoms with E-state index in [-0.39, 0.29) is 4.67 Å². The molecule has 0 aromatic heterocycles. The Kier molecular flexibility index (Phi) is 4.91. The molecule has 0 amide bonds. The Morgan fingerprint density at radius 2 is 1.18 bits per heavy atom. The van der Waals surface area contributed by atoms with Gasteiger partial charge in [0.05, 0.1) is 0 Å². The van der Waals surface area contributed by atoms with Crippen molar-refractivity contribution in [2.24, 2.45) is 11.8 Å². The second kappa shape index (κ2) is 4.92. The average molecular weight is 285 g/mol. The second-order valence-electron chi connectivity index (χ2n) is 4.90. The van der Waals surface area contributed by atoms with Crippen LogP contribution < -0.4 is 0 Å². The molecule has 0 aromatic rings. The van der Waals surface area contributed by atoms with E-state index in [1.807, 2.05) is 0 Å². The van der Waals surface area contributed by atoms with Crippen molar-refractivity contribution < 1.29 is 25.8 Å². The first-order chi connectivity index (χ1) is 7.27. The van der Waals surface area contributed by atoms with Crippen molar-refractivity contribution in [1.29, 1.82) is 0 Å². The van der Waals surface area contributed by atoms with Crippen LogP contribution in [0.3, 0.4) is 0 Å². The van der Waals surface area contributed by atoms with Gasteiger partial charge in [0.2, 0.25) is 0 Å². The van der Waals surface area contributed by atoms with Gasteiger partial charge in [-0.1, -0.05) is 0 Å². The van der Waals surface area contributed by atoms with Gasteiger partial charge in [0.15, 0.2) is 0 Å². The Morgan fingerprint density at radius 3 is 1.35 bits per heavy atom. The van der Waals surface area contributed by atoms with Crippen LogP contribution in [0, 0.1) is 11.8 Å². The molecule has 0 saturated heterocycles. The normalized spacial score (nSPS) is 16.6. The summed E-state index contributed by atoms with van der Waals surface area (Å²) in [6, 6.07) is 0. The topological polar surface area (TPSA) is 3.24 Å². The standard InChI is InChI=1S/C9H18F6NP/c1-7(2)5-16(6-8(3)4)17(13,14,15)9(10,11)12/h7-8H,5-6H2,1-4H3. The number of rotatable bonds is 5. The van der Waals surface area contributed by atoms with Gasteiger partial charge in [-0.3, -0.25) is 0 Å². The van der Waals surface area contributed by atoms with E-state index in [1.165, 1.54) is 27.7 Å². The van der Waals surface area contributed by atoms with Crippen LogP contribution in [0.2, 0.25) is 0 Å². The third-order valence-corrected chi connectivity index (χ3v) is 4.07. The molecule has 0 fully saturated rings. The van der Waals surface area contributed by atoms with Crippen molar-refractivity contribution in [3.63, 3.8) is 0 Å². The molecular weight excluding hydrogens is 267 g/mol. The number of hydrogen-bond donors (Lipinski definition) is 0. The Morgan fingerprint density at radius 1 is 0.882 bits per heavy atom. The van der Waals surface area contributed by atoms with Crippen molar-refractivity contribution in [3.05, 3.63) is 0 Å². The molecule has 0 aromatic carbocycles. The number of alkyl halides is 3. The SMILES string of the molecule is CC(C)CN(CC(C)C)P(F)(F)(F)C(F)(F)F. The van der Waals surface area contributed by atoms with E-state index in [1.54, 1.807) is 0 Å². The van der Waals surface area contributed by atoms with Crippen LogP contribution >= 0.6 is 7.69 Å². The number of hydrogen-bond acceptors (Lipinski definition) is 1. The molecule has 0 N–H and O–H groups in total. The van der Waals surface area contributed by atoms with E-state index < -0.39 is 38.5 Å². The van der Waals surface area contributed by atoms with E-state index in [0.29, 0.717) is 0 Å². The summed E-state index contributed by atoms with van der Waals surface area (Å²) in [7, 11) is -8.31. The summed E-state index contributed by atoms with van der Waals surface area (Å²) < 4.78 is 76.3. The Hall–Kier alpha value is -0.0300. The van der Waals surface area contributed by atoms with Gasteiger partial charge in [0, 0.05) is 0 Å². The molecule has 0 saturated carbocycles. The summed E-state index contributed by atoms with van der Waals surface area (Å²) >= 11 is 0. The zero-order chi connectivity index (χ0) is 14.1. The minimum atomic E-state index is -8.31. The van der Waals surface area contributed by atoms with E-state index in [0.717, 1.165) is 0 Å². The minimum absolute atomic E-state index is 0.305. The van der Waals surface area contributed by atoms with Gasteiger partial charge >= 0.3 is 96.7 Å². The van der Waals surface area contributed by atoms with Gasteiger partial charge in [-0.05, 0) is 0 Å². The van der Waals surface area contributed by atoms with Gasteiger partial charge in [-0.2, -0.15) is 0 Å². The Labute approximate surface area is 97.5 Å². The van der Waals surface area contributed by atoms with Gasteiger partial charge in [0.25, 0.3) is 0 Å². The summed E-state index contributed by atoms with van der Waals surface area (Å²) in [5.41, 5.74) is 0. The molecule has 0 atom stereocenters. The summed E-state index contributed by atoms with van der Waals surface area (Å²) in [6.45, 7) is 4.65. The van der Waals surface area contributed by atoms with E-state index in [4.69, 9.17) is 0 Å². The molecule has 0 bridgehead atoms. The summed E-state index contributed by atoms with van der Waals surface area (Å²) in [4.78, 5) is 0. The van der Waals surface area contributed by atoms with Crippen LogP contribution in [0.4, 0.5) is 25.8 Å². The molecule has 1 nitrogen and oxygen atoms in total. The predicted octanol–water partition coefficient (Wildman–Crippen LogP) is 5.24. The fraction of sp³-hybridized carbons (Fsp3) is 1.00. The molecule has 0 spiro atoms. The maximum absolute atomic E-state index is 13.3. The van der Waals surface area contributed by atoms with E-state index in [2.05, 4.69) is 0 Å². The molecule has 0 aliphatic rings. The maximum atomic E-state index is 13.3. The first kappa shape index (κ1) is 17.0. The van der Waals surface area contributed by atoms with Crippen LogP contribution in [0.25, 0.3) is 0 Å². The zero-order valence-corrected chi connectivity index (χ0v) is 11.1. The Bertz CT molecular complexity index is 244.